The van der Waals surface area contributed by atoms with E-state index in [1.54, 1.807) is 13.0 Å². The summed E-state index contributed by atoms with van der Waals surface area (Å²) in [6, 6.07) is 7.00. The third-order valence-corrected chi connectivity index (χ3v) is 7.86. The van der Waals surface area contributed by atoms with E-state index in [-0.39, 0.29) is 48.0 Å². The van der Waals surface area contributed by atoms with Gasteiger partial charge in [0.15, 0.2) is 17.3 Å². The number of carbonyl (C=O) groups excluding carboxylic acids is 1. The fourth-order valence-electron chi connectivity index (χ4n) is 5.33. The van der Waals surface area contributed by atoms with Gasteiger partial charge < -0.3 is 64.5 Å². The second-order valence-electron chi connectivity index (χ2n) is 11.2. The Bertz CT molecular complexity index is 1280. The lowest BCUT2D eigenvalue weighted by Crippen LogP contribution is -2.60. The van der Waals surface area contributed by atoms with Gasteiger partial charge in [-0.1, -0.05) is 6.07 Å². The third-order valence-electron chi connectivity index (χ3n) is 7.86. The number of aromatic hydroxyl groups is 2. The van der Waals surface area contributed by atoms with Gasteiger partial charge in [0.05, 0.1) is 38.4 Å². The molecule has 2 aromatic carbocycles. The number of aliphatic hydroxyl groups is 6. The first-order chi connectivity index (χ1) is 20.8. The van der Waals surface area contributed by atoms with Gasteiger partial charge in [-0.05, 0) is 38.0 Å². The molecule has 0 spiro atoms. The second kappa shape index (κ2) is 14.3. The lowest BCUT2D eigenvalue weighted by molar-refractivity contribution is -0.281. The Morgan fingerprint density at radius 3 is 2.36 bits per heavy atom. The summed E-state index contributed by atoms with van der Waals surface area (Å²) in [7, 11) is 1.40. The Kier molecular flexibility index (Phi) is 10.9. The van der Waals surface area contributed by atoms with E-state index < -0.39 is 79.2 Å². The smallest absolute Gasteiger partial charge is 0.229 e. The van der Waals surface area contributed by atoms with Crippen molar-refractivity contribution in [2.45, 2.75) is 81.8 Å². The van der Waals surface area contributed by atoms with Crippen molar-refractivity contribution in [3.63, 3.8) is 0 Å². The fourth-order valence-corrected chi connectivity index (χ4v) is 5.33. The van der Waals surface area contributed by atoms with Gasteiger partial charge in [0.1, 0.15) is 53.3 Å². The number of hydrogen-bond acceptors (Lipinski definition) is 14. The second-order valence-corrected chi connectivity index (χ2v) is 11.2. The van der Waals surface area contributed by atoms with E-state index in [0.717, 1.165) is 6.07 Å². The topological polar surface area (TPSA) is 225 Å². The molecule has 2 aliphatic rings. The number of Topliss-reactive ketones (excluding diaryl/α,β-unsaturated/α-hetero) is 1. The number of carbonyl (C=O) groups is 1. The molecule has 2 heterocycles. The Labute approximate surface area is 253 Å². The molecule has 4 rings (SSSR count). The number of ketones is 1. The highest BCUT2D eigenvalue weighted by Crippen LogP contribution is 2.43. The Morgan fingerprint density at radius 1 is 1.00 bits per heavy atom. The first kappa shape index (κ1) is 33.7. The summed E-state index contributed by atoms with van der Waals surface area (Å²) in [5, 5.41) is 81.6. The van der Waals surface area contributed by atoms with Gasteiger partial charge >= 0.3 is 0 Å². The lowest BCUT2D eigenvalue weighted by atomic mass is 9.93. The van der Waals surface area contributed by atoms with E-state index in [9.17, 15) is 45.6 Å². The molecule has 0 bridgehead atoms. The summed E-state index contributed by atoms with van der Waals surface area (Å²) in [5.74, 6) is -1.54. The average Bonchev–Trinajstić information content (AvgIpc) is 2.98. The van der Waals surface area contributed by atoms with Crippen LogP contribution in [0.25, 0.3) is 0 Å². The van der Waals surface area contributed by atoms with Crippen LogP contribution in [-0.2, 0) is 9.47 Å². The van der Waals surface area contributed by atoms with Gasteiger partial charge in [-0.2, -0.15) is 0 Å². The zero-order chi connectivity index (χ0) is 32.3. The maximum absolute atomic E-state index is 12.9. The highest BCUT2D eigenvalue weighted by molar-refractivity contribution is 6.02. The van der Waals surface area contributed by atoms with Crippen LogP contribution < -0.4 is 14.2 Å². The molecule has 10 atom stereocenters. The Hall–Kier alpha value is -3.21. The fraction of sp³-hybridized carbons (Fsp3) is 0.567. The highest BCUT2D eigenvalue weighted by atomic mass is 16.7. The van der Waals surface area contributed by atoms with Crippen molar-refractivity contribution in [3.05, 3.63) is 41.5 Å². The van der Waals surface area contributed by atoms with Crippen LogP contribution in [0.3, 0.4) is 0 Å². The van der Waals surface area contributed by atoms with Gasteiger partial charge in [0.25, 0.3) is 0 Å². The van der Waals surface area contributed by atoms with Crippen LogP contribution in [0.2, 0.25) is 0 Å². The maximum Gasteiger partial charge on any atom is 0.229 e. The average molecular weight is 625 g/mol. The minimum absolute atomic E-state index is 0.0195. The zero-order valence-electron chi connectivity index (χ0n) is 24.5. The number of ether oxygens (including phenoxy) is 5. The molecule has 0 aliphatic carbocycles. The largest absolute Gasteiger partial charge is 0.507 e. The van der Waals surface area contributed by atoms with Gasteiger partial charge in [0, 0.05) is 24.7 Å². The predicted octanol–water partition coefficient (Wildman–Crippen LogP) is 0.145. The molecule has 0 amide bonds. The minimum Gasteiger partial charge on any atom is -0.507 e. The van der Waals surface area contributed by atoms with E-state index in [1.165, 1.54) is 32.2 Å². The number of hydrogen-bond donors (Lipinski definition) is 8. The van der Waals surface area contributed by atoms with Crippen LogP contribution in [0.5, 0.6) is 28.7 Å². The number of methoxy groups -OCH3 is 1. The van der Waals surface area contributed by atoms with Crippen LogP contribution >= 0.6 is 0 Å². The van der Waals surface area contributed by atoms with Gasteiger partial charge in [0.2, 0.25) is 6.29 Å². The van der Waals surface area contributed by atoms with Crippen LogP contribution in [0.1, 0.15) is 48.7 Å². The molecular weight excluding hydrogens is 584 g/mol. The third kappa shape index (κ3) is 7.35. The van der Waals surface area contributed by atoms with Crippen molar-refractivity contribution in [2.24, 2.45) is 5.92 Å². The van der Waals surface area contributed by atoms with Crippen molar-refractivity contribution >= 4 is 5.78 Å². The van der Waals surface area contributed by atoms with Crippen LogP contribution in [0, 0.1) is 5.92 Å². The molecule has 244 valence electrons. The summed E-state index contributed by atoms with van der Waals surface area (Å²) in [5.41, 5.74) is 0.410. The molecule has 8 N–H and O–H groups in total. The molecule has 0 radical (unpaired) electrons. The molecule has 2 aliphatic heterocycles. The number of fused-ring (bicyclic) bond motifs is 1. The number of aliphatic hydroxyl groups excluding tert-OH is 6. The molecule has 14 heteroatoms. The molecule has 44 heavy (non-hydrogen) atoms. The predicted molar refractivity (Wildman–Crippen MR) is 151 cm³/mol. The van der Waals surface area contributed by atoms with Crippen molar-refractivity contribution < 1.29 is 69.3 Å². The van der Waals surface area contributed by atoms with Crippen LogP contribution in [-0.4, -0.2) is 116 Å². The molecule has 14 nitrogen and oxygen atoms in total. The van der Waals surface area contributed by atoms with Gasteiger partial charge in [-0.3, -0.25) is 4.79 Å². The van der Waals surface area contributed by atoms with Crippen molar-refractivity contribution in [2.75, 3.05) is 20.3 Å². The zero-order valence-corrected chi connectivity index (χ0v) is 24.5. The molecule has 1 fully saturated rings. The van der Waals surface area contributed by atoms with Gasteiger partial charge in [-0.25, -0.2) is 0 Å². The number of rotatable bonds is 12. The summed E-state index contributed by atoms with van der Waals surface area (Å²) >= 11 is 0. The van der Waals surface area contributed by atoms with Crippen molar-refractivity contribution in [1.82, 2.24) is 0 Å². The Balaban J connectivity index is 1.46. The molecule has 2 aromatic rings. The first-order valence-electron chi connectivity index (χ1n) is 14.2. The van der Waals surface area contributed by atoms with E-state index >= 15 is 0 Å². The Morgan fingerprint density at radius 2 is 1.73 bits per heavy atom. The first-order valence-corrected chi connectivity index (χ1v) is 14.2. The van der Waals surface area contributed by atoms with E-state index in [2.05, 4.69) is 0 Å². The molecule has 6 unspecified atom stereocenters. The standard InChI is InChI=1S/C30H40O14/c1-13(6-16(11-31)26(36)14(2)32)41-12-24-27(37)28(38)29(39)30(44-24)42-17-8-19(34)25-20(35)10-22(43-23(25)9-17)15-4-5-21(40-3)18(33)7-15/h4-5,7-9,13-14,16,22,24,26-34,36-39H,6,10-12H2,1-3H3/t13-,14?,16?,22?,24?,26+,27+,28?,29?,30+/m0/s1. The summed E-state index contributed by atoms with van der Waals surface area (Å²) in [6.45, 7) is 2.40. The van der Waals surface area contributed by atoms with E-state index in [0.29, 0.717) is 5.56 Å². The summed E-state index contributed by atoms with van der Waals surface area (Å²) in [6.07, 6.45) is -11.2. The monoisotopic (exact) mass is 624 g/mol. The number of phenols is 2. The highest BCUT2D eigenvalue weighted by Gasteiger charge is 2.45. The van der Waals surface area contributed by atoms with E-state index in [1.807, 2.05) is 0 Å². The summed E-state index contributed by atoms with van der Waals surface area (Å²) < 4.78 is 28.2. The number of phenolic OH excluding ortho intramolecular Hbond substituents is 2. The SMILES string of the molecule is COc1ccc(C2CC(=O)c3c(O)cc(O[C@@H]4OC(CO[C@@H](C)CC(CO)[C@H](O)C(C)O)[C@@H](O)C(O)C4O)cc3O2)cc1O. The van der Waals surface area contributed by atoms with Crippen molar-refractivity contribution in [1.29, 1.82) is 0 Å². The lowest BCUT2D eigenvalue weighted by Gasteiger charge is -2.40. The minimum atomic E-state index is -1.71. The molecule has 0 aromatic heterocycles. The molecule has 1 saturated heterocycles. The number of benzene rings is 2. The van der Waals surface area contributed by atoms with Crippen LogP contribution in [0.15, 0.2) is 30.3 Å². The molecular formula is C30H40O14. The normalized spacial score (nSPS) is 27.9. The maximum atomic E-state index is 12.9. The van der Waals surface area contributed by atoms with Gasteiger partial charge in [-0.15, -0.1) is 0 Å². The quantitative estimate of drug-likeness (QED) is 0.157. The summed E-state index contributed by atoms with van der Waals surface area (Å²) in [4.78, 5) is 12.9. The molecule has 0 saturated carbocycles. The van der Waals surface area contributed by atoms with Crippen molar-refractivity contribution in [3.8, 4) is 28.7 Å². The van der Waals surface area contributed by atoms with E-state index in [4.69, 9.17) is 23.7 Å². The van der Waals surface area contributed by atoms with Crippen LogP contribution in [0.4, 0.5) is 0 Å².